The molecule has 2 aromatic carbocycles. The van der Waals surface area contributed by atoms with Gasteiger partial charge in [0.2, 0.25) is 10.0 Å². The van der Waals surface area contributed by atoms with Gasteiger partial charge in [0.05, 0.1) is 23.3 Å². The average Bonchev–Trinajstić information content (AvgIpc) is 3.13. The molecular weight excluding hydrogens is 444 g/mol. The lowest BCUT2D eigenvalue weighted by atomic mass is 9.97. The highest BCUT2D eigenvalue weighted by Crippen LogP contribution is 2.28. The molecule has 1 aromatic heterocycles. The predicted octanol–water partition coefficient (Wildman–Crippen LogP) is 4.86. The van der Waals surface area contributed by atoms with Crippen molar-refractivity contribution < 1.29 is 17.9 Å². The summed E-state index contributed by atoms with van der Waals surface area (Å²) >= 11 is 1.60. The number of aryl methyl sites for hydroxylation is 2. The summed E-state index contributed by atoms with van der Waals surface area (Å²) in [5.74, 6) is -0.489. The van der Waals surface area contributed by atoms with Crippen LogP contribution in [0.25, 0.3) is 10.6 Å². The summed E-state index contributed by atoms with van der Waals surface area (Å²) in [6.07, 6.45) is 0.474. The maximum atomic E-state index is 12.8. The summed E-state index contributed by atoms with van der Waals surface area (Å²) in [6.45, 7) is 8.12. The first kappa shape index (κ1) is 24.1. The maximum Gasteiger partial charge on any atom is 0.338 e. The first-order valence-electron chi connectivity index (χ1n) is 10.4. The van der Waals surface area contributed by atoms with Crippen LogP contribution in [-0.2, 0) is 21.2 Å². The lowest BCUT2D eigenvalue weighted by molar-refractivity contribution is 0.0598. The van der Waals surface area contributed by atoms with E-state index in [2.05, 4.69) is 4.72 Å². The van der Waals surface area contributed by atoms with E-state index in [9.17, 15) is 13.2 Å². The van der Waals surface area contributed by atoms with Crippen molar-refractivity contribution in [1.29, 1.82) is 0 Å². The van der Waals surface area contributed by atoms with Gasteiger partial charge in [0.15, 0.2) is 0 Å². The van der Waals surface area contributed by atoms with E-state index in [0.29, 0.717) is 6.42 Å². The summed E-state index contributed by atoms with van der Waals surface area (Å²) in [7, 11) is -2.50. The van der Waals surface area contributed by atoms with Gasteiger partial charge in [0.25, 0.3) is 0 Å². The Morgan fingerprint density at radius 1 is 1.12 bits per heavy atom. The van der Waals surface area contributed by atoms with Crippen LogP contribution in [0.15, 0.2) is 47.4 Å². The van der Waals surface area contributed by atoms with Gasteiger partial charge in [-0.1, -0.05) is 49.7 Å². The molecule has 0 saturated heterocycles. The van der Waals surface area contributed by atoms with E-state index >= 15 is 0 Å². The third-order valence-corrected chi connectivity index (χ3v) is 7.73. The maximum absolute atomic E-state index is 12.8. The average molecular weight is 473 g/mol. The summed E-state index contributed by atoms with van der Waals surface area (Å²) in [6, 6.07) is 12.8. The molecule has 32 heavy (non-hydrogen) atoms. The van der Waals surface area contributed by atoms with Crippen molar-refractivity contribution >= 4 is 27.3 Å². The van der Waals surface area contributed by atoms with E-state index in [1.165, 1.54) is 24.8 Å². The van der Waals surface area contributed by atoms with E-state index in [1.807, 2.05) is 52.0 Å². The van der Waals surface area contributed by atoms with E-state index in [-0.39, 0.29) is 22.9 Å². The van der Waals surface area contributed by atoms with Gasteiger partial charge in [0.1, 0.15) is 5.01 Å². The van der Waals surface area contributed by atoms with Crippen molar-refractivity contribution in [3.05, 3.63) is 69.7 Å². The minimum absolute atomic E-state index is 0.0395. The number of rotatable bonds is 8. The van der Waals surface area contributed by atoms with Crippen molar-refractivity contribution in [2.24, 2.45) is 0 Å². The van der Waals surface area contributed by atoms with Crippen molar-refractivity contribution in [2.45, 2.75) is 44.9 Å². The van der Waals surface area contributed by atoms with Crippen LogP contribution in [0.2, 0.25) is 0 Å². The molecule has 0 unspecified atom stereocenters. The topological polar surface area (TPSA) is 85.4 Å². The minimum Gasteiger partial charge on any atom is -0.465 e. The smallest absolute Gasteiger partial charge is 0.338 e. The van der Waals surface area contributed by atoms with Crippen LogP contribution < -0.4 is 4.72 Å². The Morgan fingerprint density at radius 3 is 2.44 bits per heavy atom. The standard InChI is InChI=1S/C24H28N2O4S2/c1-15(2)20-11-10-19(14-21(20)24(27)30-5)32(28,29)25-13-12-22-17(4)31-23(26-22)18-8-6-16(3)7-9-18/h6-11,14-15,25H,12-13H2,1-5H3. The molecule has 0 saturated carbocycles. The fourth-order valence-corrected chi connectivity index (χ4v) is 5.38. The second-order valence-electron chi connectivity index (χ2n) is 7.93. The van der Waals surface area contributed by atoms with Gasteiger partial charge >= 0.3 is 5.97 Å². The van der Waals surface area contributed by atoms with Crippen LogP contribution in [0.4, 0.5) is 0 Å². The number of thiazole rings is 1. The lowest BCUT2D eigenvalue weighted by Crippen LogP contribution is -2.26. The van der Waals surface area contributed by atoms with Crippen LogP contribution in [0, 0.1) is 13.8 Å². The van der Waals surface area contributed by atoms with Gasteiger partial charge in [-0.2, -0.15) is 0 Å². The number of nitrogens with zero attached hydrogens (tertiary/aromatic N) is 1. The fraction of sp³-hybridized carbons (Fsp3) is 0.333. The normalized spacial score (nSPS) is 11.7. The van der Waals surface area contributed by atoms with E-state index in [0.717, 1.165) is 26.7 Å². The van der Waals surface area contributed by atoms with Gasteiger partial charge in [-0.05, 0) is 37.5 Å². The third kappa shape index (κ3) is 5.43. The summed E-state index contributed by atoms with van der Waals surface area (Å²) in [4.78, 5) is 18.0. The molecule has 170 valence electrons. The molecule has 0 fully saturated rings. The third-order valence-electron chi connectivity index (χ3n) is 5.21. The number of ether oxygens (including phenoxy) is 1. The second-order valence-corrected chi connectivity index (χ2v) is 10.9. The van der Waals surface area contributed by atoms with Crippen molar-refractivity contribution in [2.75, 3.05) is 13.7 Å². The Labute approximate surface area is 193 Å². The molecular formula is C24H28N2O4S2. The van der Waals surface area contributed by atoms with Crippen molar-refractivity contribution in [1.82, 2.24) is 9.71 Å². The van der Waals surface area contributed by atoms with E-state index in [1.54, 1.807) is 17.4 Å². The zero-order chi connectivity index (χ0) is 23.5. The molecule has 3 aromatic rings. The molecule has 0 aliphatic rings. The van der Waals surface area contributed by atoms with Gasteiger partial charge in [-0.25, -0.2) is 22.9 Å². The monoisotopic (exact) mass is 472 g/mol. The molecule has 0 bridgehead atoms. The quantitative estimate of drug-likeness (QED) is 0.473. The van der Waals surface area contributed by atoms with E-state index < -0.39 is 16.0 Å². The number of methoxy groups -OCH3 is 1. The molecule has 1 N–H and O–H groups in total. The number of hydrogen-bond acceptors (Lipinski definition) is 6. The fourth-order valence-electron chi connectivity index (χ4n) is 3.36. The SMILES string of the molecule is COC(=O)c1cc(S(=O)(=O)NCCc2nc(-c3ccc(C)cc3)sc2C)ccc1C(C)C. The molecule has 1 heterocycles. The number of hydrogen-bond donors (Lipinski definition) is 1. The Morgan fingerprint density at radius 2 is 1.81 bits per heavy atom. The minimum atomic E-state index is -3.78. The molecule has 0 spiro atoms. The highest BCUT2D eigenvalue weighted by molar-refractivity contribution is 7.89. The number of benzene rings is 2. The summed E-state index contributed by atoms with van der Waals surface area (Å²) in [5, 5.41) is 0.923. The Kier molecular flexibility index (Phi) is 7.48. The molecule has 0 aliphatic carbocycles. The molecule has 0 radical (unpaired) electrons. The number of carbonyl (C=O) groups is 1. The highest BCUT2D eigenvalue weighted by atomic mass is 32.2. The molecule has 0 atom stereocenters. The number of esters is 1. The molecule has 6 nitrogen and oxygen atoms in total. The highest BCUT2D eigenvalue weighted by Gasteiger charge is 2.21. The number of aromatic nitrogens is 1. The lowest BCUT2D eigenvalue weighted by Gasteiger charge is -2.13. The molecule has 3 rings (SSSR count). The Balaban J connectivity index is 1.73. The Hall–Kier alpha value is -2.55. The van der Waals surface area contributed by atoms with Gasteiger partial charge in [0, 0.05) is 23.4 Å². The largest absolute Gasteiger partial charge is 0.465 e. The zero-order valence-electron chi connectivity index (χ0n) is 18.9. The first-order chi connectivity index (χ1) is 15.1. The van der Waals surface area contributed by atoms with Crippen LogP contribution in [-0.4, -0.2) is 33.0 Å². The molecule has 0 amide bonds. The van der Waals surface area contributed by atoms with Gasteiger partial charge in [-0.15, -0.1) is 11.3 Å². The van der Waals surface area contributed by atoms with Crippen molar-refractivity contribution in [3.63, 3.8) is 0 Å². The van der Waals surface area contributed by atoms with Gasteiger partial charge < -0.3 is 4.74 Å². The second kappa shape index (κ2) is 9.94. The van der Waals surface area contributed by atoms with Crippen LogP contribution in [0.3, 0.4) is 0 Å². The van der Waals surface area contributed by atoms with Crippen LogP contribution >= 0.6 is 11.3 Å². The number of carbonyl (C=O) groups excluding carboxylic acids is 1. The van der Waals surface area contributed by atoms with Crippen LogP contribution in [0.1, 0.15) is 51.8 Å². The molecule has 8 heteroatoms. The summed E-state index contributed by atoms with van der Waals surface area (Å²) < 4.78 is 33.1. The van der Waals surface area contributed by atoms with Crippen LogP contribution in [0.5, 0.6) is 0 Å². The summed E-state index contributed by atoms with van der Waals surface area (Å²) in [5.41, 5.74) is 4.13. The zero-order valence-corrected chi connectivity index (χ0v) is 20.6. The molecule has 0 aliphatic heterocycles. The Bertz CT molecular complexity index is 1210. The van der Waals surface area contributed by atoms with E-state index in [4.69, 9.17) is 9.72 Å². The number of sulfonamides is 1. The first-order valence-corrected chi connectivity index (χ1v) is 12.7. The number of nitrogens with one attached hydrogen (secondary N) is 1. The predicted molar refractivity (Wildman–Crippen MR) is 128 cm³/mol. The van der Waals surface area contributed by atoms with Crippen molar-refractivity contribution in [3.8, 4) is 10.6 Å². The van der Waals surface area contributed by atoms with Gasteiger partial charge in [-0.3, -0.25) is 0 Å².